The predicted octanol–water partition coefficient (Wildman–Crippen LogP) is 1.37. The lowest BCUT2D eigenvalue weighted by molar-refractivity contribution is -0.130. The minimum absolute atomic E-state index is 0.150. The molecule has 0 aliphatic heterocycles. The Hall–Kier alpha value is -1.79. The second kappa shape index (κ2) is 6.72. The molecular formula is C14H18N2O. The van der Waals surface area contributed by atoms with Crippen LogP contribution >= 0.6 is 0 Å². The number of nitrogens with two attached hydrogens (primary N) is 1. The van der Waals surface area contributed by atoms with Gasteiger partial charge in [-0.25, -0.2) is 0 Å². The molecule has 1 aromatic rings. The molecular weight excluding hydrogens is 212 g/mol. The molecule has 0 aliphatic rings. The molecule has 0 fully saturated rings. The van der Waals surface area contributed by atoms with Crippen molar-refractivity contribution in [2.45, 2.75) is 19.9 Å². The van der Waals surface area contributed by atoms with Crippen LogP contribution in [0, 0.1) is 11.8 Å². The van der Waals surface area contributed by atoms with E-state index in [9.17, 15) is 4.79 Å². The third kappa shape index (κ3) is 4.29. The summed E-state index contributed by atoms with van der Waals surface area (Å²) in [4.78, 5) is 13.1. The lowest BCUT2D eigenvalue weighted by Crippen LogP contribution is -2.25. The Morgan fingerprint density at radius 2 is 2.00 bits per heavy atom. The van der Waals surface area contributed by atoms with Crippen molar-refractivity contribution >= 4 is 5.91 Å². The molecule has 0 spiro atoms. The van der Waals surface area contributed by atoms with E-state index in [1.165, 1.54) is 0 Å². The summed E-state index contributed by atoms with van der Waals surface area (Å²) in [6.45, 7) is 2.87. The van der Waals surface area contributed by atoms with Crippen LogP contribution in [0.2, 0.25) is 0 Å². The molecule has 0 bridgehead atoms. The van der Waals surface area contributed by atoms with Gasteiger partial charge in [0.25, 0.3) is 0 Å². The number of carbonyl (C=O) groups excluding carboxylic acids is 1. The van der Waals surface area contributed by atoms with Gasteiger partial charge in [-0.1, -0.05) is 30.9 Å². The summed E-state index contributed by atoms with van der Waals surface area (Å²) in [6.07, 6.45) is 0.538. The molecule has 0 radical (unpaired) electrons. The number of hydrogen-bond donors (Lipinski definition) is 1. The van der Waals surface area contributed by atoms with Crippen molar-refractivity contribution in [3.05, 3.63) is 35.4 Å². The highest BCUT2D eigenvalue weighted by Crippen LogP contribution is 2.06. The van der Waals surface area contributed by atoms with Gasteiger partial charge in [-0.05, 0) is 17.7 Å². The van der Waals surface area contributed by atoms with E-state index in [1.54, 1.807) is 4.90 Å². The highest BCUT2D eigenvalue weighted by molar-refractivity contribution is 5.75. The van der Waals surface area contributed by atoms with Gasteiger partial charge in [0.15, 0.2) is 0 Å². The summed E-state index contributed by atoms with van der Waals surface area (Å²) >= 11 is 0. The zero-order valence-electron chi connectivity index (χ0n) is 10.4. The van der Waals surface area contributed by atoms with E-state index >= 15 is 0 Å². The zero-order valence-corrected chi connectivity index (χ0v) is 10.4. The molecule has 1 rings (SSSR count). The first-order chi connectivity index (χ1) is 8.17. The molecule has 0 saturated carbocycles. The molecule has 1 amide bonds. The molecule has 17 heavy (non-hydrogen) atoms. The van der Waals surface area contributed by atoms with Gasteiger partial charge in [-0.2, -0.15) is 0 Å². The topological polar surface area (TPSA) is 46.3 Å². The summed E-state index contributed by atoms with van der Waals surface area (Å²) in [5, 5.41) is 0. The standard InChI is InChI=1S/C14H18N2O/c1-3-14(17)16(2)11-13-8-6-12(7-9-13)5-4-10-15/h6-9H,3,10-11,15H2,1-2H3. The van der Waals surface area contributed by atoms with Gasteiger partial charge in [0.2, 0.25) is 5.91 Å². The van der Waals surface area contributed by atoms with E-state index < -0.39 is 0 Å². The van der Waals surface area contributed by atoms with Gasteiger partial charge in [-0.3, -0.25) is 4.79 Å². The van der Waals surface area contributed by atoms with E-state index in [-0.39, 0.29) is 5.91 Å². The highest BCUT2D eigenvalue weighted by Gasteiger charge is 2.05. The predicted molar refractivity (Wildman–Crippen MR) is 69.1 cm³/mol. The number of amides is 1. The molecule has 0 aliphatic carbocycles. The fourth-order valence-corrected chi connectivity index (χ4v) is 1.48. The molecule has 0 aromatic heterocycles. The average Bonchev–Trinajstić information content (AvgIpc) is 2.37. The van der Waals surface area contributed by atoms with Crippen LogP contribution in [-0.4, -0.2) is 24.4 Å². The van der Waals surface area contributed by atoms with Gasteiger partial charge >= 0.3 is 0 Å². The van der Waals surface area contributed by atoms with Gasteiger partial charge in [0, 0.05) is 25.6 Å². The van der Waals surface area contributed by atoms with Crippen molar-refractivity contribution in [3.8, 4) is 11.8 Å². The first-order valence-electron chi connectivity index (χ1n) is 5.69. The first kappa shape index (κ1) is 13.3. The summed E-state index contributed by atoms with van der Waals surface area (Å²) in [7, 11) is 1.81. The molecule has 90 valence electrons. The van der Waals surface area contributed by atoms with Crippen LogP contribution in [0.5, 0.6) is 0 Å². The summed E-state index contributed by atoms with van der Waals surface area (Å²) in [5.74, 6) is 5.92. The second-order valence-corrected chi connectivity index (χ2v) is 3.81. The minimum Gasteiger partial charge on any atom is -0.341 e. The van der Waals surface area contributed by atoms with Crippen LogP contribution in [-0.2, 0) is 11.3 Å². The molecule has 0 saturated heterocycles. The lowest BCUT2D eigenvalue weighted by Gasteiger charge is -2.16. The minimum atomic E-state index is 0.150. The van der Waals surface area contributed by atoms with Crippen molar-refractivity contribution in [3.63, 3.8) is 0 Å². The van der Waals surface area contributed by atoms with Gasteiger partial charge < -0.3 is 10.6 Å². The van der Waals surface area contributed by atoms with Crippen molar-refractivity contribution < 1.29 is 4.79 Å². The van der Waals surface area contributed by atoms with Crippen LogP contribution in [0.15, 0.2) is 24.3 Å². The largest absolute Gasteiger partial charge is 0.341 e. The number of hydrogen-bond acceptors (Lipinski definition) is 2. The van der Waals surface area contributed by atoms with Crippen LogP contribution in [0.1, 0.15) is 24.5 Å². The fourth-order valence-electron chi connectivity index (χ4n) is 1.48. The van der Waals surface area contributed by atoms with E-state index in [4.69, 9.17) is 5.73 Å². The SMILES string of the molecule is CCC(=O)N(C)Cc1ccc(C#CCN)cc1. The van der Waals surface area contributed by atoms with Gasteiger partial charge in [0.05, 0.1) is 6.54 Å². The second-order valence-electron chi connectivity index (χ2n) is 3.81. The first-order valence-corrected chi connectivity index (χ1v) is 5.69. The number of benzene rings is 1. The molecule has 3 heteroatoms. The van der Waals surface area contributed by atoms with Crippen molar-refractivity contribution in [1.29, 1.82) is 0 Å². The van der Waals surface area contributed by atoms with Gasteiger partial charge in [0.1, 0.15) is 0 Å². The number of rotatable bonds is 3. The summed E-state index contributed by atoms with van der Waals surface area (Å²) < 4.78 is 0. The molecule has 2 N–H and O–H groups in total. The van der Waals surface area contributed by atoms with Crippen LogP contribution in [0.3, 0.4) is 0 Å². The maximum Gasteiger partial charge on any atom is 0.222 e. The quantitative estimate of drug-likeness (QED) is 0.797. The summed E-state index contributed by atoms with van der Waals surface area (Å²) in [5.41, 5.74) is 7.36. The average molecular weight is 230 g/mol. The van der Waals surface area contributed by atoms with E-state index in [0.29, 0.717) is 19.5 Å². The Kier molecular flexibility index (Phi) is 5.25. The number of carbonyl (C=O) groups is 1. The van der Waals surface area contributed by atoms with Crippen LogP contribution in [0.4, 0.5) is 0 Å². The monoisotopic (exact) mass is 230 g/mol. The molecule has 0 unspecified atom stereocenters. The zero-order chi connectivity index (χ0) is 12.7. The Bertz CT molecular complexity index is 426. The summed E-state index contributed by atoms with van der Waals surface area (Å²) in [6, 6.07) is 7.87. The Morgan fingerprint density at radius 1 is 1.35 bits per heavy atom. The maximum atomic E-state index is 11.4. The third-order valence-electron chi connectivity index (χ3n) is 2.44. The number of nitrogens with zero attached hydrogens (tertiary/aromatic N) is 1. The lowest BCUT2D eigenvalue weighted by atomic mass is 10.1. The van der Waals surface area contributed by atoms with Crippen LogP contribution in [0.25, 0.3) is 0 Å². The third-order valence-corrected chi connectivity index (χ3v) is 2.44. The fraction of sp³-hybridized carbons (Fsp3) is 0.357. The Labute approximate surface area is 103 Å². The van der Waals surface area contributed by atoms with Crippen molar-refractivity contribution in [2.24, 2.45) is 5.73 Å². The Morgan fingerprint density at radius 3 is 2.53 bits per heavy atom. The van der Waals surface area contributed by atoms with Crippen LogP contribution < -0.4 is 5.73 Å². The van der Waals surface area contributed by atoms with E-state index in [1.807, 2.05) is 38.2 Å². The molecule has 1 aromatic carbocycles. The smallest absolute Gasteiger partial charge is 0.222 e. The van der Waals surface area contributed by atoms with Crippen molar-refractivity contribution in [1.82, 2.24) is 4.90 Å². The normalized spacial score (nSPS) is 9.35. The maximum absolute atomic E-state index is 11.4. The van der Waals surface area contributed by atoms with Gasteiger partial charge in [-0.15, -0.1) is 0 Å². The Balaban J connectivity index is 2.65. The highest BCUT2D eigenvalue weighted by atomic mass is 16.2. The van der Waals surface area contributed by atoms with E-state index in [0.717, 1.165) is 11.1 Å². The molecule has 0 heterocycles. The molecule has 3 nitrogen and oxygen atoms in total. The molecule has 0 atom stereocenters. The van der Waals surface area contributed by atoms with Crippen molar-refractivity contribution in [2.75, 3.05) is 13.6 Å². The van der Waals surface area contributed by atoms with E-state index in [2.05, 4.69) is 11.8 Å².